The van der Waals surface area contributed by atoms with Crippen LogP contribution >= 0.6 is 0 Å². The average molecular weight is 222 g/mol. The van der Waals surface area contributed by atoms with Crippen molar-refractivity contribution in [3.8, 4) is 0 Å². The van der Waals surface area contributed by atoms with Crippen molar-refractivity contribution in [2.24, 2.45) is 11.1 Å². The third-order valence-electron chi connectivity index (χ3n) is 3.45. The van der Waals surface area contributed by atoms with Gasteiger partial charge in [-0.25, -0.2) is 0 Å². The molecule has 1 heterocycles. The molecular weight excluding hydrogens is 204 g/mol. The summed E-state index contributed by atoms with van der Waals surface area (Å²) in [5.74, 6) is 0.0892. The van der Waals surface area contributed by atoms with Crippen LogP contribution < -0.4 is 11.1 Å². The Bertz CT molecular complexity index is 336. The summed E-state index contributed by atoms with van der Waals surface area (Å²) in [6.45, 7) is 1.15. The Balaban J connectivity index is 1.76. The molecule has 1 aromatic heterocycles. The summed E-state index contributed by atoms with van der Waals surface area (Å²) in [6, 6.07) is 1.85. The fraction of sp³-hybridized carbons (Fsp3) is 0.583. The minimum Gasteiger partial charge on any atom is -0.472 e. The minimum atomic E-state index is 0.0838. The molecule has 1 fully saturated rings. The van der Waals surface area contributed by atoms with Crippen LogP contribution in [0, 0.1) is 5.41 Å². The van der Waals surface area contributed by atoms with E-state index >= 15 is 0 Å². The molecular formula is C12H18N2O2. The van der Waals surface area contributed by atoms with Crippen LogP contribution in [-0.4, -0.2) is 12.5 Å². The van der Waals surface area contributed by atoms with Crippen LogP contribution in [0.15, 0.2) is 23.0 Å². The van der Waals surface area contributed by atoms with Crippen molar-refractivity contribution in [2.75, 3.05) is 6.54 Å². The largest absolute Gasteiger partial charge is 0.472 e. The number of rotatable bonds is 5. The van der Waals surface area contributed by atoms with Crippen molar-refractivity contribution in [3.63, 3.8) is 0 Å². The fourth-order valence-electron chi connectivity index (χ4n) is 2.13. The van der Waals surface area contributed by atoms with Gasteiger partial charge in [0.2, 0.25) is 5.91 Å². The van der Waals surface area contributed by atoms with Crippen LogP contribution in [0.3, 0.4) is 0 Å². The van der Waals surface area contributed by atoms with E-state index in [2.05, 4.69) is 5.32 Å². The molecule has 88 valence electrons. The second-order valence-corrected chi connectivity index (χ2v) is 4.64. The number of carbonyl (C=O) groups excluding carboxylic acids is 1. The molecule has 16 heavy (non-hydrogen) atoms. The predicted molar refractivity (Wildman–Crippen MR) is 60.5 cm³/mol. The number of nitrogens with two attached hydrogens (primary N) is 1. The topological polar surface area (TPSA) is 68.3 Å². The standard InChI is InChI=1S/C12H18N2O2/c13-9-12(3-1-4-12)6-11(15)14-7-10-2-5-16-8-10/h2,5,8H,1,3-4,6-7,9,13H2,(H,14,15). The number of amides is 1. The summed E-state index contributed by atoms with van der Waals surface area (Å²) in [6.07, 6.45) is 7.18. The molecule has 0 saturated heterocycles. The normalized spacial score (nSPS) is 17.8. The SMILES string of the molecule is NCC1(CC(=O)NCc2ccoc2)CCC1. The molecule has 4 nitrogen and oxygen atoms in total. The molecule has 0 bridgehead atoms. The third kappa shape index (κ3) is 2.44. The van der Waals surface area contributed by atoms with E-state index in [0.29, 0.717) is 19.5 Å². The molecule has 1 aliphatic rings. The third-order valence-corrected chi connectivity index (χ3v) is 3.45. The van der Waals surface area contributed by atoms with Gasteiger partial charge in [-0.3, -0.25) is 4.79 Å². The van der Waals surface area contributed by atoms with Gasteiger partial charge in [-0.1, -0.05) is 6.42 Å². The molecule has 0 spiro atoms. The monoisotopic (exact) mass is 222 g/mol. The van der Waals surface area contributed by atoms with Gasteiger partial charge in [-0.2, -0.15) is 0 Å². The van der Waals surface area contributed by atoms with Gasteiger partial charge in [-0.15, -0.1) is 0 Å². The summed E-state index contributed by atoms with van der Waals surface area (Å²) in [7, 11) is 0. The predicted octanol–water partition coefficient (Wildman–Crippen LogP) is 1.41. The van der Waals surface area contributed by atoms with Gasteiger partial charge in [-0.05, 0) is 30.9 Å². The van der Waals surface area contributed by atoms with E-state index in [9.17, 15) is 4.79 Å². The summed E-state index contributed by atoms with van der Waals surface area (Å²) >= 11 is 0. The minimum absolute atomic E-state index is 0.0838. The Morgan fingerprint density at radius 2 is 2.38 bits per heavy atom. The van der Waals surface area contributed by atoms with Crippen molar-refractivity contribution in [3.05, 3.63) is 24.2 Å². The van der Waals surface area contributed by atoms with Crippen molar-refractivity contribution in [1.82, 2.24) is 5.32 Å². The Kier molecular flexibility index (Phi) is 3.29. The van der Waals surface area contributed by atoms with E-state index in [0.717, 1.165) is 18.4 Å². The lowest BCUT2D eigenvalue weighted by molar-refractivity contribution is -0.124. The van der Waals surface area contributed by atoms with Gasteiger partial charge in [0.1, 0.15) is 0 Å². The summed E-state index contributed by atoms with van der Waals surface area (Å²) < 4.78 is 4.93. The van der Waals surface area contributed by atoms with Gasteiger partial charge in [0.25, 0.3) is 0 Å². The first-order valence-corrected chi connectivity index (χ1v) is 5.72. The summed E-state index contributed by atoms with van der Waals surface area (Å²) in [4.78, 5) is 11.7. The van der Waals surface area contributed by atoms with Crippen molar-refractivity contribution in [2.45, 2.75) is 32.2 Å². The molecule has 0 radical (unpaired) electrons. The van der Waals surface area contributed by atoms with E-state index in [1.165, 1.54) is 6.42 Å². The van der Waals surface area contributed by atoms with Gasteiger partial charge in [0.15, 0.2) is 0 Å². The zero-order chi connectivity index (χ0) is 11.4. The lowest BCUT2D eigenvalue weighted by atomic mass is 9.66. The van der Waals surface area contributed by atoms with Gasteiger partial charge >= 0.3 is 0 Å². The molecule has 0 unspecified atom stereocenters. The maximum absolute atomic E-state index is 11.7. The molecule has 4 heteroatoms. The number of carbonyl (C=O) groups is 1. The highest BCUT2D eigenvalue weighted by Gasteiger charge is 2.37. The molecule has 0 aromatic carbocycles. The summed E-state index contributed by atoms with van der Waals surface area (Å²) in [5.41, 5.74) is 6.79. The van der Waals surface area contributed by atoms with Gasteiger partial charge in [0.05, 0.1) is 12.5 Å². The van der Waals surface area contributed by atoms with E-state index < -0.39 is 0 Å². The van der Waals surface area contributed by atoms with E-state index in [4.69, 9.17) is 10.2 Å². The summed E-state index contributed by atoms with van der Waals surface area (Å²) in [5, 5.41) is 2.89. The maximum atomic E-state index is 11.7. The molecule has 1 aromatic rings. The molecule has 1 amide bonds. The van der Waals surface area contributed by atoms with E-state index in [1.807, 2.05) is 6.07 Å². The Labute approximate surface area is 95.2 Å². The Morgan fingerprint density at radius 1 is 1.56 bits per heavy atom. The van der Waals surface area contributed by atoms with Gasteiger partial charge < -0.3 is 15.5 Å². The van der Waals surface area contributed by atoms with Crippen LogP contribution in [0.2, 0.25) is 0 Å². The highest BCUT2D eigenvalue weighted by atomic mass is 16.3. The maximum Gasteiger partial charge on any atom is 0.220 e. The molecule has 0 atom stereocenters. The Morgan fingerprint density at radius 3 is 2.88 bits per heavy atom. The first-order valence-electron chi connectivity index (χ1n) is 5.72. The van der Waals surface area contributed by atoms with Gasteiger partial charge in [0, 0.05) is 18.5 Å². The van der Waals surface area contributed by atoms with E-state index in [1.54, 1.807) is 12.5 Å². The molecule has 3 N–H and O–H groups in total. The average Bonchev–Trinajstić information content (AvgIpc) is 2.73. The zero-order valence-corrected chi connectivity index (χ0v) is 9.37. The van der Waals surface area contributed by atoms with Crippen LogP contribution in [-0.2, 0) is 11.3 Å². The number of hydrogen-bond acceptors (Lipinski definition) is 3. The number of hydrogen-bond donors (Lipinski definition) is 2. The fourth-order valence-corrected chi connectivity index (χ4v) is 2.13. The molecule has 2 rings (SSSR count). The van der Waals surface area contributed by atoms with Crippen LogP contribution in [0.4, 0.5) is 0 Å². The second kappa shape index (κ2) is 4.70. The van der Waals surface area contributed by atoms with Crippen LogP contribution in [0.1, 0.15) is 31.2 Å². The second-order valence-electron chi connectivity index (χ2n) is 4.64. The highest BCUT2D eigenvalue weighted by Crippen LogP contribution is 2.42. The first kappa shape index (κ1) is 11.2. The quantitative estimate of drug-likeness (QED) is 0.791. The molecule has 1 saturated carbocycles. The number of furan rings is 1. The van der Waals surface area contributed by atoms with Crippen LogP contribution in [0.25, 0.3) is 0 Å². The van der Waals surface area contributed by atoms with Crippen molar-refractivity contribution in [1.29, 1.82) is 0 Å². The zero-order valence-electron chi connectivity index (χ0n) is 9.37. The molecule has 0 aliphatic heterocycles. The Hall–Kier alpha value is -1.29. The lowest BCUT2D eigenvalue weighted by Gasteiger charge is -2.40. The molecule has 1 aliphatic carbocycles. The first-order chi connectivity index (χ1) is 7.74. The number of nitrogens with one attached hydrogen (secondary N) is 1. The highest BCUT2D eigenvalue weighted by molar-refractivity contribution is 5.76. The van der Waals surface area contributed by atoms with E-state index in [-0.39, 0.29) is 11.3 Å². The van der Waals surface area contributed by atoms with Crippen LogP contribution in [0.5, 0.6) is 0 Å². The smallest absolute Gasteiger partial charge is 0.220 e. The van der Waals surface area contributed by atoms with Crippen molar-refractivity contribution >= 4 is 5.91 Å². The lowest BCUT2D eigenvalue weighted by Crippen LogP contribution is -2.41. The van der Waals surface area contributed by atoms with Crippen molar-refractivity contribution < 1.29 is 9.21 Å².